The molecule has 15 heavy (non-hydrogen) atoms. The molecule has 1 rings (SSSR count). The Morgan fingerprint density at radius 1 is 1.40 bits per heavy atom. The fourth-order valence-corrected chi connectivity index (χ4v) is 2.08. The van der Waals surface area contributed by atoms with Gasteiger partial charge in [0.15, 0.2) is 5.78 Å². The summed E-state index contributed by atoms with van der Waals surface area (Å²) in [6, 6.07) is 0. The zero-order valence-electron chi connectivity index (χ0n) is 9.83. The Morgan fingerprint density at radius 2 is 2.07 bits per heavy atom. The molecular weight excluding hydrogens is 192 g/mol. The molecule has 0 aromatic rings. The zero-order chi connectivity index (χ0) is 11.1. The van der Waals surface area contributed by atoms with Crippen LogP contribution in [-0.4, -0.2) is 31.7 Å². The van der Waals surface area contributed by atoms with E-state index in [1.807, 2.05) is 13.8 Å². The Hall–Kier alpha value is -0.410. The number of ether oxygens (including phenoxy) is 2. The lowest BCUT2D eigenvalue weighted by Crippen LogP contribution is -2.36. The first-order valence-corrected chi connectivity index (χ1v) is 6.01. The van der Waals surface area contributed by atoms with Crippen molar-refractivity contribution in [3.8, 4) is 0 Å². The van der Waals surface area contributed by atoms with Crippen molar-refractivity contribution < 1.29 is 14.3 Å². The number of ketones is 1. The summed E-state index contributed by atoms with van der Waals surface area (Å²) in [4.78, 5) is 11.9. The third-order valence-electron chi connectivity index (χ3n) is 2.85. The molecule has 3 heteroatoms. The van der Waals surface area contributed by atoms with Gasteiger partial charge in [-0.25, -0.2) is 0 Å². The van der Waals surface area contributed by atoms with Gasteiger partial charge in [0.2, 0.25) is 0 Å². The van der Waals surface area contributed by atoms with Crippen molar-refractivity contribution in [2.24, 2.45) is 5.92 Å². The van der Waals surface area contributed by atoms with Crippen LogP contribution < -0.4 is 0 Å². The number of carbonyl (C=O) groups excluding carboxylic acids is 1. The van der Waals surface area contributed by atoms with Crippen molar-refractivity contribution >= 4 is 5.78 Å². The van der Waals surface area contributed by atoms with Crippen LogP contribution in [0.15, 0.2) is 0 Å². The molecule has 88 valence electrons. The number of Topliss-reactive ketones (excluding diaryl/α,β-unsaturated/α-hetero) is 1. The first kappa shape index (κ1) is 12.7. The second kappa shape index (κ2) is 6.96. The van der Waals surface area contributed by atoms with Gasteiger partial charge in [-0.1, -0.05) is 6.92 Å². The number of rotatable bonds is 6. The second-order valence-electron chi connectivity index (χ2n) is 4.04. The summed E-state index contributed by atoms with van der Waals surface area (Å²) in [6.07, 6.45) is 3.28. The Labute approximate surface area is 92.1 Å². The van der Waals surface area contributed by atoms with Gasteiger partial charge in [-0.3, -0.25) is 4.79 Å². The van der Waals surface area contributed by atoms with Crippen LogP contribution in [-0.2, 0) is 14.3 Å². The molecule has 1 saturated heterocycles. The van der Waals surface area contributed by atoms with E-state index in [0.29, 0.717) is 18.9 Å². The standard InChI is InChI=1S/C12H22O3/c1-3-5-11(13)12(15-4-2)10-6-8-14-9-7-10/h10,12H,3-9H2,1-2H3. The van der Waals surface area contributed by atoms with Crippen molar-refractivity contribution in [1.82, 2.24) is 0 Å². The van der Waals surface area contributed by atoms with Gasteiger partial charge in [0.05, 0.1) is 0 Å². The summed E-state index contributed by atoms with van der Waals surface area (Å²) in [5, 5.41) is 0. The Morgan fingerprint density at radius 3 is 2.60 bits per heavy atom. The highest BCUT2D eigenvalue weighted by Crippen LogP contribution is 2.22. The molecule has 1 aliphatic heterocycles. The quantitative estimate of drug-likeness (QED) is 0.680. The first-order chi connectivity index (χ1) is 7.29. The molecule has 0 bridgehead atoms. The molecule has 0 aromatic heterocycles. The molecule has 0 radical (unpaired) electrons. The third kappa shape index (κ3) is 3.92. The van der Waals surface area contributed by atoms with Gasteiger partial charge in [0, 0.05) is 26.2 Å². The van der Waals surface area contributed by atoms with Gasteiger partial charge in [0.1, 0.15) is 6.10 Å². The third-order valence-corrected chi connectivity index (χ3v) is 2.85. The van der Waals surface area contributed by atoms with Gasteiger partial charge in [-0.15, -0.1) is 0 Å². The highest BCUT2D eigenvalue weighted by molar-refractivity contribution is 5.83. The summed E-state index contributed by atoms with van der Waals surface area (Å²) in [5.41, 5.74) is 0. The van der Waals surface area contributed by atoms with E-state index in [4.69, 9.17) is 9.47 Å². The highest BCUT2D eigenvalue weighted by atomic mass is 16.5. The molecule has 1 atom stereocenters. The van der Waals surface area contributed by atoms with Crippen molar-refractivity contribution in [1.29, 1.82) is 0 Å². The summed E-state index contributed by atoms with van der Waals surface area (Å²) < 4.78 is 10.9. The molecule has 0 spiro atoms. The van der Waals surface area contributed by atoms with Crippen LogP contribution in [0.25, 0.3) is 0 Å². The minimum absolute atomic E-state index is 0.182. The van der Waals surface area contributed by atoms with E-state index in [1.165, 1.54) is 0 Å². The molecule has 1 fully saturated rings. The minimum atomic E-state index is -0.182. The SMILES string of the molecule is CCCC(=O)C(OCC)C1CCOCC1. The highest BCUT2D eigenvalue weighted by Gasteiger charge is 2.29. The average molecular weight is 214 g/mol. The lowest BCUT2D eigenvalue weighted by atomic mass is 9.90. The zero-order valence-corrected chi connectivity index (χ0v) is 9.83. The fraction of sp³-hybridized carbons (Fsp3) is 0.917. The monoisotopic (exact) mass is 214 g/mol. The van der Waals surface area contributed by atoms with Crippen molar-refractivity contribution in [3.63, 3.8) is 0 Å². The first-order valence-electron chi connectivity index (χ1n) is 6.01. The normalized spacial score (nSPS) is 20.1. The summed E-state index contributed by atoms with van der Waals surface area (Å²) >= 11 is 0. The van der Waals surface area contributed by atoms with Crippen molar-refractivity contribution in [2.45, 2.75) is 45.6 Å². The largest absolute Gasteiger partial charge is 0.381 e. The van der Waals surface area contributed by atoms with Crippen LogP contribution in [0.4, 0.5) is 0 Å². The molecule has 0 amide bonds. The van der Waals surface area contributed by atoms with Gasteiger partial charge >= 0.3 is 0 Å². The molecule has 0 saturated carbocycles. The molecule has 0 aliphatic carbocycles. The van der Waals surface area contributed by atoms with Crippen molar-refractivity contribution in [3.05, 3.63) is 0 Å². The summed E-state index contributed by atoms with van der Waals surface area (Å²) in [7, 11) is 0. The molecule has 0 N–H and O–H groups in total. The predicted molar refractivity (Wildman–Crippen MR) is 58.9 cm³/mol. The van der Waals surface area contributed by atoms with Crippen LogP contribution >= 0.6 is 0 Å². The maximum Gasteiger partial charge on any atom is 0.161 e. The molecule has 3 nitrogen and oxygen atoms in total. The maximum absolute atomic E-state index is 11.9. The Kier molecular flexibility index (Phi) is 5.88. The number of hydrogen-bond acceptors (Lipinski definition) is 3. The molecule has 1 heterocycles. The van der Waals surface area contributed by atoms with Gasteiger partial charge in [-0.05, 0) is 32.1 Å². The lowest BCUT2D eigenvalue weighted by Gasteiger charge is -2.29. The summed E-state index contributed by atoms with van der Waals surface area (Å²) in [5.74, 6) is 0.643. The van der Waals surface area contributed by atoms with Crippen LogP contribution in [0.2, 0.25) is 0 Å². The van der Waals surface area contributed by atoms with E-state index in [0.717, 1.165) is 32.5 Å². The Bertz CT molecular complexity index is 185. The predicted octanol–water partition coefficient (Wildman–Crippen LogP) is 2.19. The van der Waals surface area contributed by atoms with Crippen LogP contribution in [0.5, 0.6) is 0 Å². The van der Waals surface area contributed by atoms with E-state index < -0.39 is 0 Å². The minimum Gasteiger partial charge on any atom is -0.381 e. The van der Waals surface area contributed by atoms with Gasteiger partial charge in [-0.2, -0.15) is 0 Å². The van der Waals surface area contributed by atoms with E-state index in [9.17, 15) is 4.79 Å². The maximum atomic E-state index is 11.9. The van der Waals surface area contributed by atoms with E-state index in [2.05, 4.69) is 0 Å². The van der Waals surface area contributed by atoms with E-state index in [-0.39, 0.29) is 11.9 Å². The molecule has 1 aliphatic rings. The van der Waals surface area contributed by atoms with Gasteiger partial charge < -0.3 is 9.47 Å². The van der Waals surface area contributed by atoms with Crippen LogP contribution in [0, 0.1) is 5.92 Å². The topological polar surface area (TPSA) is 35.5 Å². The van der Waals surface area contributed by atoms with E-state index >= 15 is 0 Å². The second-order valence-corrected chi connectivity index (χ2v) is 4.04. The number of hydrogen-bond donors (Lipinski definition) is 0. The lowest BCUT2D eigenvalue weighted by molar-refractivity contribution is -0.136. The van der Waals surface area contributed by atoms with Gasteiger partial charge in [0.25, 0.3) is 0 Å². The summed E-state index contributed by atoms with van der Waals surface area (Å²) in [6.45, 7) is 6.15. The average Bonchev–Trinajstić information content (AvgIpc) is 2.27. The molecular formula is C12H22O3. The number of carbonyl (C=O) groups is 1. The van der Waals surface area contributed by atoms with Crippen LogP contribution in [0.3, 0.4) is 0 Å². The smallest absolute Gasteiger partial charge is 0.161 e. The fourth-order valence-electron chi connectivity index (χ4n) is 2.08. The molecule has 1 unspecified atom stereocenters. The van der Waals surface area contributed by atoms with Crippen LogP contribution in [0.1, 0.15) is 39.5 Å². The van der Waals surface area contributed by atoms with Crippen molar-refractivity contribution in [2.75, 3.05) is 19.8 Å². The Balaban J connectivity index is 2.50. The van der Waals surface area contributed by atoms with E-state index in [1.54, 1.807) is 0 Å². The molecule has 0 aromatic carbocycles.